The van der Waals surface area contributed by atoms with E-state index in [2.05, 4.69) is 20.6 Å². The van der Waals surface area contributed by atoms with Crippen molar-refractivity contribution in [2.75, 3.05) is 18.4 Å². The number of hydrogen-bond donors (Lipinski definition) is 2. The van der Waals surface area contributed by atoms with Crippen LogP contribution in [0, 0.1) is 30.1 Å². The molecule has 0 spiro atoms. The number of likely N-dealkylation sites (tertiary alicyclic amines) is 1. The number of halogens is 3. The summed E-state index contributed by atoms with van der Waals surface area (Å²) in [5.41, 5.74) is -0.0530. The van der Waals surface area contributed by atoms with Crippen LogP contribution in [0.4, 0.5) is 18.9 Å². The highest BCUT2D eigenvalue weighted by molar-refractivity contribution is 7.19. The molecule has 6 rings (SSSR count). The Balaban J connectivity index is 1.40. The molecule has 2 saturated heterocycles. The summed E-state index contributed by atoms with van der Waals surface area (Å²) in [6.07, 6.45) is -3.21. The highest BCUT2D eigenvalue weighted by Gasteiger charge is 2.72. The van der Waals surface area contributed by atoms with E-state index in [0.29, 0.717) is 33.7 Å². The number of aromatic nitrogens is 2. The van der Waals surface area contributed by atoms with Gasteiger partial charge in [0.1, 0.15) is 5.69 Å². The summed E-state index contributed by atoms with van der Waals surface area (Å²) in [7, 11) is 0. The van der Waals surface area contributed by atoms with Crippen molar-refractivity contribution in [1.82, 2.24) is 20.2 Å². The molecule has 3 fully saturated rings. The predicted molar refractivity (Wildman–Crippen MR) is 134 cm³/mol. The fourth-order valence-corrected chi connectivity index (χ4v) is 6.55. The van der Waals surface area contributed by atoms with Crippen LogP contribution in [0.25, 0.3) is 21.5 Å². The van der Waals surface area contributed by atoms with Crippen molar-refractivity contribution >= 4 is 45.0 Å². The van der Waals surface area contributed by atoms with Crippen LogP contribution in [0.3, 0.4) is 0 Å². The molecule has 3 aromatic heterocycles. The Morgan fingerprint density at radius 1 is 1.21 bits per heavy atom. The van der Waals surface area contributed by atoms with Gasteiger partial charge in [-0.3, -0.25) is 24.3 Å². The summed E-state index contributed by atoms with van der Waals surface area (Å²) in [5.74, 6) is -1.55. The van der Waals surface area contributed by atoms with Crippen LogP contribution in [0.5, 0.6) is 0 Å². The Hall–Kier alpha value is -3.38. The van der Waals surface area contributed by atoms with Gasteiger partial charge in [-0.05, 0) is 36.1 Å². The number of aryl methyl sites for hydroxylation is 1. The van der Waals surface area contributed by atoms with Gasteiger partial charge in [-0.25, -0.2) is 4.98 Å². The number of imide groups is 1. The zero-order chi connectivity index (χ0) is 27.1. The van der Waals surface area contributed by atoms with Crippen molar-refractivity contribution in [3.05, 3.63) is 40.5 Å². The maximum absolute atomic E-state index is 13.7. The molecule has 38 heavy (non-hydrogen) atoms. The molecule has 0 aromatic carbocycles. The van der Waals surface area contributed by atoms with E-state index < -0.39 is 11.9 Å². The first-order chi connectivity index (χ1) is 17.9. The second-order valence-electron chi connectivity index (χ2n) is 10.7. The highest BCUT2D eigenvalue weighted by Crippen LogP contribution is 2.63. The average Bonchev–Trinajstić information content (AvgIpc) is 3.05. The molecule has 12 heteroatoms. The number of pyridine rings is 2. The number of rotatable bonds is 5. The first-order valence-corrected chi connectivity index (χ1v) is 13.0. The third kappa shape index (κ3) is 3.80. The van der Waals surface area contributed by atoms with Crippen LogP contribution in [0.15, 0.2) is 24.4 Å². The van der Waals surface area contributed by atoms with Gasteiger partial charge < -0.3 is 10.6 Å². The third-order valence-electron chi connectivity index (χ3n) is 7.83. The van der Waals surface area contributed by atoms with Gasteiger partial charge in [-0.2, -0.15) is 13.2 Å². The molecular weight excluding hydrogens is 519 g/mol. The number of thiophene rings is 1. The van der Waals surface area contributed by atoms with Crippen molar-refractivity contribution in [3.63, 3.8) is 0 Å². The monoisotopic (exact) mass is 543 g/mol. The molecule has 5 heterocycles. The molecule has 1 aliphatic carbocycles. The number of nitrogens with one attached hydrogen (secondary N) is 2. The molecule has 0 radical (unpaired) electrons. The van der Waals surface area contributed by atoms with Gasteiger partial charge >= 0.3 is 6.18 Å². The zero-order valence-electron chi connectivity index (χ0n) is 20.8. The molecule has 0 bridgehead atoms. The Morgan fingerprint density at radius 3 is 2.50 bits per heavy atom. The quantitative estimate of drug-likeness (QED) is 0.472. The molecule has 2 N–H and O–H groups in total. The lowest BCUT2D eigenvalue weighted by molar-refractivity contribution is -0.144. The maximum Gasteiger partial charge on any atom is 0.433 e. The number of amides is 3. The minimum atomic E-state index is -4.68. The standard InChI is InChI=1S/C26H24F3N5O3S/c1-11-6-16(26(27,28)29)32-20(19(11)33-22(35)12-8-30-9-12)14-4-5-31-15-7-13(38-21(14)15)10-34-23(36)17-18(24(34)37)25(17,2)3/h4-7,12,17-18,30H,8-10H2,1-3H3,(H,33,35). The van der Waals surface area contributed by atoms with Crippen molar-refractivity contribution in [2.45, 2.75) is 33.5 Å². The maximum atomic E-state index is 13.7. The zero-order valence-corrected chi connectivity index (χ0v) is 21.6. The minimum Gasteiger partial charge on any atom is -0.324 e. The van der Waals surface area contributed by atoms with E-state index in [0.717, 1.165) is 6.07 Å². The SMILES string of the molecule is Cc1cc(C(F)(F)F)nc(-c2ccnc3cc(CN4C(=O)C5C(C4=O)C5(C)C)sc23)c1NC(=O)C1CNC1. The third-order valence-corrected chi connectivity index (χ3v) is 8.97. The number of alkyl halides is 3. The summed E-state index contributed by atoms with van der Waals surface area (Å²) in [6, 6.07) is 4.22. The average molecular weight is 544 g/mol. The second kappa shape index (κ2) is 8.31. The lowest BCUT2D eigenvalue weighted by atomic mass is 10.0. The Morgan fingerprint density at radius 2 is 1.89 bits per heavy atom. The molecule has 3 aliphatic rings. The van der Waals surface area contributed by atoms with Crippen LogP contribution in [0.1, 0.15) is 30.0 Å². The first-order valence-electron chi connectivity index (χ1n) is 12.2. The van der Waals surface area contributed by atoms with Gasteiger partial charge in [0.25, 0.3) is 0 Å². The number of nitrogens with zero attached hydrogens (tertiary/aromatic N) is 3. The predicted octanol–water partition coefficient (Wildman–Crippen LogP) is 3.98. The topological polar surface area (TPSA) is 104 Å². The molecule has 2 atom stereocenters. The largest absolute Gasteiger partial charge is 0.433 e. The Bertz CT molecular complexity index is 1500. The molecular formula is C26H24F3N5O3S. The number of carbonyl (C=O) groups excluding carboxylic acids is 3. The molecule has 198 valence electrons. The summed E-state index contributed by atoms with van der Waals surface area (Å²) in [5, 5.41) is 5.80. The first kappa shape index (κ1) is 24.9. The molecule has 3 aromatic rings. The van der Waals surface area contributed by atoms with Gasteiger partial charge in [-0.1, -0.05) is 13.8 Å². The van der Waals surface area contributed by atoms with Gasteiger partial charge in [0, 0.05) is 29.7 Å². The van der Waals surface area contributed by atoms with E-state index in [1.807, 2.05) is 13.8 Å². The fraction of sp³-hybridized carbons (Fsp3) is 0.423. The van der Waals surface area contributed by atoms with Crippen molar-refractivity contribution < 1.29 is 27.6 Å². The highest BCUT2D eigenvalue weighted by atomic mass is 32.1. The van der Waals surface area contributed by atoms with Gasteiger partial charge in [0.2, 0.25) is 17.7 Å². The summed E-state index contributed by atoms with van der Waals surface area (Å²) >= 11 is 1.24. The van der Waals surface area contributed by atoms with E-state index in [4.69, 9.17) is 0 Å². The summed E-state index contributed by atoms with van der Waals surface area (Å²) < 4.78 is 41.7. The van der Waals surface area contributed by atoms with Crippen molar-refractivity contribution in [2.24, 2.45) is 23.2 Å². The second-order valence-corrected chi connectivity index (χ2v) is 11.9. The minimum absolute atomic E-state index is 0.00456. The van der Waals surface area contributed by atoms with Crippen LogP contribution in [0.2, 0.25) is 0 Å². The van der Waals surface area contributed by atoms with Crippen LogP contribution >= 0.6 is 11.3 Å². The van der Waals surface area contributed by atoms with Gasteiger partial charge in [-0.15, -0.1) is 11.3 Å². The molecule has 2 aliphatic heterocycles. The smallest absolute Gasteiger partial charge is 0.324 e. The van der Waals surface area contributed by atoms with Gasteiger partial charge in [0.15, 0.2) is 0 Å². The summed E-state index contributed by atoms with van der Waals surface area (Å²) in [4.78, 5) is 48.6. The Kier molecular flexibility index (Phi) is 5.45. The number of fused-ring (bicyclic) bond motifs is 2. The van der Waals surface area contributed by atoms with Crippen molar-refractivity contribution in [1.29, 1.82) is 0 Å². The number of piperidine rings is 1. The normalized spacial score (nSPS) is 22.5. The molecule has 3 amide bonds. The molecule has 2 unspecified atom stereocenters. The lowest BCUT2D eigenvalue weighted by Crippen LogP contribution is -2.48. The Labute approximate surface area is 219 Å². The van der Waals surface area contributed by atoms with Crippen LogP contribution < -0.4 is 10.6 Å². The van der Waals surface area contributed by atoms with Crippen LogP contribution in [-0.2, 0) is 27.1 Å². The number of hydrogen-bond acceptors (Lipinski definition) is 7. The van der Waals surface area contributed by atoms with E-state index in [1.165, 1.54) is 29.4 Å². The molecule has 1 saturated carbocycles. The summed E-state index contributed by atoms with van der Waals surface area (Å²) in [6.45, 7) is 6.39. The van der Waals surface area contributed by atoms with Crippen LogP contribution in [-0.4, -0.2) is 45.7 Å². The van der Waals surface area contributed by atoms with E-state index in [1.54, 1.807) is 12.1 Å². The number of anilines is 1. The lowest BCUT2D eigenvalue weighted by Gasteiger charge is -2.27. The number of carbonyl (C=O) groups is 3. The molecule has 8 nitrogen and oxygen atoms in total. The van der Waals surface area contributed by atoms with Gasteiger partial charge in [0.05, 0.1) is 45.9 Å². The van der Waals surface area contributed by atoms with E-state index in [-0.39, 0.29) is 64.4 Å². The van der Waals surface area contributed by atoms with Crippen molar-refractivity contribution in [3.8, 4) is 11.3 Å². The van der Waals surface area contributed by atoms with E-state index >= 15 is 0 Å². The van der Waals surface area contributed by atoms with E-state index in [9.17, 15) is 27.6 Å². The fourth-order valence-electron chi connectivity index (χ4n) is 5.44.